The lowest BCUT2D eigenvalue weighted by atomic mass is 9.89. The van der Waals surface area contributed by atoms with Crippen molar-refractivity contribution in [3.05, 3.63) is 93.8 Å². The molecule has 3 atom stereocenters. The Kier molecular flexibility index (Phi) is 12.2. The highest BCUT2D eigenvalue weighted by atomic mass is 35.5. The maximum atomic E-state index is 15.2. The minimum absolute atomic E-state index is 0.0270. The Labute approximate surface area is 284 Å². The number of benzene rings is 2. The van der Waals surface area contributed by atoms with Gasteiger partial charge in [0.05, 0.1) is 29.6 Å². The molecule has 1 fully saturated rings. The monoisotopic (exact) mass is 678 g/mol. The van der Waals surface area contributed by atoms with E-state index in [9.17, 15) is 9.18 Å². The number of rotatable bonds is 15. The van der Waals surface area contributed by atoms with E-state index < -0.39 is 11.5 Å². The van der Waals surface area contributed by atoms with Gasteiger partial charge in [-0.2, -0.15) is 4.98 Å². The van der Waals surface area contributed by atoms with Gasteiger partial charge in [0.15, 0.2) is 5.82 Å². The Morgan fingerprint density at radius 2 is 2.00 bits per heavy atom. The summed E-state index contributed by atoms with van der Waals surface area (Å²) in [6, 6.07) is 13.3. The Bertz CT molecular complexity index is 1790. The van der Waals surface area contributed by atoms with Crippen LogP contribution < -0.4 is 22.9 Å². The standard InChI is InChI=1S/C36H45ClF2N8O/c1-2-26(41)7-3-6-23-18-29(34(39)30(37)19-23)31-20-25-22-47(36(48)45-35(25)44-31)28-12-10-24(11-13-28)32-9-4-8-27(46(32)17-5-15-38)14-16-43-33(42)21-40/h2,10-13,18-20,22,26-27,32H,1,3-9,14-17,21,40-41H2,(H2,42,43)(H,44,45,48)/t26-,27-,32-/m0/s1. The third-order valence-electron chi connectivity index (χ3n) is 9.17. The van der Waals surface area contributed by atoms with Crippen molar-refractivity contribution in [2.75, 3.05) is 26.3 Å². The minimum atomic E-state index is -0.543. The molecular weight excluding hydrogens is 634 g/mol. The fourth-order valence-corrected chi connectivity index (χ4v) is 6.87. The molecule has 9 nitrogen and oxygen atoms in total. The predicted molar refractivity (Wildman–Crippen MR) is 191 cm³/mol. The highest BCUT2D eigenvalue weighted by molar-refractivity contribution is 6.31. The van der Waals surface area contributed by atoms with Crippen molar-refractivity contribution in [1.29, 1.82) is 0 Å². The molecule has 7 N–H and O–H groups in total. The zero-order valence-electron chi connectivity index (χ0n) is 27.2. The van der Waals surface area contributed by atoms with Gasteiger partial charge in [0, 0.05) is 48.4 Å². The molecule has 3 heterocycles. The van der Waals surface area contributed by atoms with Crippen LogP contribution >= 0.6 is 11.6 Å². The van der Waals surface area contributed by atoms with E-state index in [2.05, 4.69) is 26.4 Å². The molecule has 0 unspecified atom stereocenters. The fraction of sp³-hybridized carbons (Fsp3) is 0.417. The second-order valence-electron chi connectivity index (χ2n) is 12.4. The normalized spacial score (nSPS) is 18.0. The number of amidine groups is 1. The van der Waals surface area contributed by atoms with E-state index in [1.165, 1.54) is 4.57 Å². The zero-order valence-corrected chi connectivity index (χ0v) is 27.9. The van der Waals surface area contributed by atoms with E-state index in [1.54, 1.807) is 30.5 Å². The van der Waals surface area contributed by atoms with Gasteiger partial charge in [0.25, 0.3) is 0 Å². The Balaban J connectivity index is 1.37. The van der Waals surface area contributed by atoms with Gasteiger partial charge < -0.3 is 22.2 Å². The molecule has 48 heavy (non-hydrogen) atoms. The van der Waals surface area contributed by atoms with Crippen LogP contribution in [0.3, 0.4) is 0 Å². The number of aryl methyl sites for hydroxylation is 1. The second kappa shape index (κ2) is 16.5. The SMILES string of the molecule is C=C[C@H](N)CCCc1cc(Cl)c(F)c(-c2cc3cn(-c4ccc([C@@H]5CCC[C@@H](CCN=C(N)CN)N5CCCF)cc4)c(=O)nc3[nH]2)c1. The highest BCUT2D eigenvalue weighted by Crippen LogP contribution is 2.36. The lowest BCUT2D eigenvalue weighted by Gasteiger charge is -2.42. The van der Waals surface area contributed by atoms with E-state index in [0.717, 1.165) is 49.7 Å². The quantitative estimate of drug-likeness (QED) is 0.0693. The van der Waals surface area contributed by atoms with Crippen molar-refractivity contribution >= 4 is 28.5 Å². The number of piperidine rings is 1. The van der Waals surface area contributed by atoms with Crippen molar-refractivity contribution < 1.29 is 8.78 Å². The number of nitrogens with zero attached hydrogens (tertiary/aromatic N) is 4. The molecule has 4 aromatic rings. The van der Waals surface area contributed by atoms with E-state index >= 15 is 4.39 Å². The number of alkyl halides is 1. The van der Waals surface area contributed by atoms with Crippen LogP contribution in [-0.4, -0.2) is 63.7 Å². The first-order valence-corrected chi connectivity index (χ1v) is 17.0. The molecule has 1 aliphatic heterocycles. The average molecular weight is 679 g/mol. The van der Waals surface area contributed by atoms with E-state index in [0.29, 0.717) is 59.7 Å². The largest absolute Gasteiger partial charge is 0.386 e. The van der Waals surface area contributed by atoms with Crippen molar-refractivity contribution in [3.8, 4) is 16.9 Å². The summed E-state index contributed by atoms with van der Waals surface area (Å²) < 4.78 is 30.0. The molecule has 1 saturated heterocycles. The number of nitrogens with two attached hydrogens (primary N) is 3. The summed E-state index contributed by atoms with van der Waals surface area (Å²) in [7, 11) is 0. The number of hydrogen-bond donors (Lipinski definition) is 4. The Hall–Kier alpha value is -3.90. The van der Waals surface area contributed by atoms with Crippen molar-refractivity contribution in [2.45, 2.75) is 69.5 Å². The summed E-state index contributed by atoms with van der Waals surface area (Å²) in [5, 5.41) is 0.677. The summed E-state index contributed by atoms with van der Waals surface area (Å²) in [6.45, 7) is 4.81. The molecule has 0 aliphatic carbocycles. The van der Waals surface area contributed by atoms with Crippen LogP contribution in [0.25, 0.3) is 28.0 Å². The number of aromatic amines is 1. The van der Waals surface area contributed by atoms with Crippen molar-refractivity contribution in [3.63, 3.8) is 0 Å². The predicted octanol–water partition coefficient (Wildman–Crippen LogP) is 5.97. The lowest BCUT2D eigenvalue weighted by molar-refractivity contribution is 0.0748. The van der Waals surface area contributed by atoms with Gasteiger partial charge in [-0.15, -0.1) is 6.58 Å². The number of fused-ring (bicyclic) bond motifs is 1. The number of nitrogens with one attached hydrogen (secondary N) is 1. The molecule has 256 valence electrons. The van der Waals surface area contributed by atoms with Crippen LogP contribution in [0.1, 0.15) is 62.1 Å². The summed E-state index contributed by atoms with van der Waals surface area (Å²) in [5.41, 5.74) is 20.7. The van der Waals surface area contributed by atoms with Crippen LogP contribution in [-0.2, 0) is 6.42 Å². The summed E-state index contributed by atoms with van der Waals surface area (Å²) in [5.74, 6) is -0.104. The highest BCUT2D eigenvalue weighted by Gasteiger charge is 2.31. The van der Waals surface area contributed by atoms with Crippen LogP contribution in [0.15, 0.2) is 71.1 Å². The van der Waals surface area contributed by atoms with Gasteiger partial charge in [0.2, 0.25) is 0 Å². The molecule has 5 rings (SSSR count). The average Bonchev–Trinajstić information content (AvgIpc) is 3.51. The van der Waals surface area contributed by atoms with Crippen LogP contribution in [0.2, 0.25) is 5.02 Å². The minimum Gasteiger partial charge on any atom is -0.386 e. The van der Waals surface area contributed by atoms with Gasteiger partial charge in [-0.3, -0.25) is 18.8 Å². The molecule has 0 bridgehead atoms. The fourth-order valence-electron chi connectivity index (χ4n) is 6.63. The van der Waals surface area contributed by atoms with Crippen molar-refractivity contribution in [1.82, 2.24) is 19.4 Å². The van der Waals surface area contributed by atoms with Gasteiger partial charge in [-0.1, -0.05) is 29.8 Å². The summed E-state index contributed by atoms with van der Waals surface area (Å²) >= 11 is 6.28. The van der Waals surface area contributed by atoms with Crippen LogP contribution in [0, 0.1) is 5.82 Å². The molecule has 0 spiro atoms. The Morgan fingerprint density at radius 1 is 1.21 bits per heavy atom. The van der Waals surface area contributed by atoms with Crippen LogP contribution in [0.4, 0.5) is 8.78 Å². The maximum Gasteiger partial charge on any atom is 0.354 e. The molecule has 0 radical (unpaired) electrons. The molecule has 2 aromatic carbocycles. The second-order valence-corrected chi connectivity index (χ2v) is 12.9. The number of likely N-dealkylation sites (tertiary alicyclic amines) is 1. The number of hydrogen-bond acceptors (Lipinski definition) is 6. The zero-order chi connectivity index (χ0) is 34.2. The Morgan fingerprint density at radius 3 is 2.73 bits per heavy atom. The maximum absolute atomic E-state index is 15.2. The van der Waals surface area contributed by atoms with E-state index in [1.807, 2.05) is 24.3 Å². The van der Waals surface area contributed by atoms with Gasteiger partial charge in [-0.25, -0.2) is 9.18 Å². The number of aliphatic imine (C=N–C) groups is 1. The first kappa shape index (κ1) is 35.4. The van der Waals surface area contributed by atoms with Crippen LogP contribution in [0.5, 0.6) is 0 Å². The molecule has 0 amide bonds. The van der Waals surface area contributed by atoms with Crippen molar-refractivity contribution in [2.24, 2.45) is 22.2 Å². The van der Waals surface area contributed by atoms with Gasteiger partial charge in [-0.05, 0) is 92.8 Å². The summed E-state index contributed by atoms with van der Waals surface area (Å²) in [4.78, 5) is 27.3. The number of halogens is 3. The van der Waals surface area contributed by atoms with E-state index in [4.69, 9.17) is 28.8 Å². The molecule has 2 aromatic heterocycles. The smallest absolute Gasteiger partial charge is 0.354 e. The molecule has 1 aliphatic rings. The molecular formula is C36H45ClF2N8O. The third kappa shape index (κ3) is 8.38. The first-order chi connectivity index (χ1) is 23.2. The van der Waals surface area contributed by atoms with E-state index in [-0.39, 0.29) is 36.4 Å². The number of H-pyrrole nitrogens is 1. The first-order valence-electron chi connectivity index (χ1n) is 16.6. The van der Waals surface area contributed by atoms with Gasteiger partial charge in [0.1, 0.15) is 11.5 Å². The number of aromatic nitrogens is 3. The topological polar surface area (TPSA) is 144 Å². The molecule has 0 saturated carbocycles. The third-order valence-corrected chi connectivity index (χ3v) is 9.44. The molecule has 12 heteroatoms. The summed E-state index contributed by atoms with van der Waals surface area (Å²) in [6.07, 6.45) is 9.98. The van der Waals surface area contributed by atoms with Gasteiger partial charge >= 0.3 is 5.69 Å². The lowest BCUT2D eigenvalue weighted by Crippen LogP contribution is -2.43.